The molecule has 0 spiro atoms. The van der Waals surface area contributed by atoms with E-state index in [9.17, 15) is 0 Å². The number of halogens is 1. The Morgan fingerprint density at radius 2 is 2.33 bits per heavy atom. The van der Waals surface area contributed by atoms with Crippen LogP contribution in [0.3, 0.4) is 0 Å². The van der Waals surface area contributed by atoms with E-state index in [4.69, 9.17) is 16.7 Å². The molecule has 0 saturated heterocycles. The van der Waals surface area contributed by atoms with Gasteiger partial charge in [-0.25, -0.2) is 0 Å². The van der Waals surface area contributed by atoms with Gasteiger partial charge in [0.1, 0.15) is 0 Å². The van der Waals surface area contributed by atoms with Gasteiger partial charge in [0.25, 0.3) is 0 Å². The van der Waals surface area contributed by atoms with Crippen molar-refractivity contribution >= 4 is 36.0 Å². The molecule has 0 amide bonds. The normalized spacial score (nSPS) is 13.7. The highest BCUT2D eigenvalue weighted by molar-refractivity contribution is 8.00. The van der Waals surface area contributed by atoms with Crippen molar-refractivity contribution < 1.29 is 5.11 Å². The predicted molar refractivity (Wildman–Crippen MR) is 47.9 cm³/mol. The van der Waals surface area contributed by atoms with E-state index in [0.717, 1.165) is 17.3 Å². The van der Waals surface area contributed by atoms with Gasteiger partial charge in [-0.1, -0.05) is 0 Å². The highest BCUT2D eigenvalue weighted by Crippen LogP contribution is 2.03. The zero-order valence-corrected chi connectivity index (χ0v) is 7.55. The van der Waals surface area contributed by atoms with Crippen molar-refractivity contribution in [2.45, 2.75) is 6.10 Å². The molecule has 9 heavy (non-hydrogen) atoms. The summed E-state index contributed by atoms with van der Waals surface area (Å²) in [5.41, 5.74) is 0. The fourth-order valence-electron chi connectivity index (χ4n) is 0.328. The largest absolute Gasteiger partial charge is 0.391 e. The lowest BCUT2D eigenvalue weighted by Gasteiger charge is -2.03. The van der Waals surface area contributed by atoms with Gasteiger partial charge in [-0.3, -0.25) is 0 Å². The van der Waals surface area contributed by atoms with E-state index in [1.807, 2.05) is 0 Å². The van der Waals surface area contributed by atoms with Crippen LogP contribution in [0.2, 0.25) is 0 Å². The monoisotopic (exact) mass is 186 g/mol. The first-order valence-corrected chi connectivity index (χ1v) is 5.06. The van der Waals surface area contributed by atoms with Gasteiger partial charge < -0.3 is 5.11 Å². The molecule has 0 fully saturated rings. The minimum Gasteiger partial charge on any atom is -0.391 e. The first kappa shape index (κ1) is 9.95. The standard InChI is InChI=1S/C5H11ClOS2/c6-3-5(7)4-9-2-1-8/h5,7-8H,1-4H2. The van der Waals surface area contributed by atoms with E-state index in [-0.39, 0.29) is 6.10 Å². The van der Waals surface area contributed by atoms with Crippen LogP contribution in [0.5, 0.6) is 0 Å². The van der Waals surface area contributed by atoms with Crippen molar-refractivity contribution in [1.82, 2.24) is 0 Å². The van der Waals surface area contributed by atoms with Crippen LogP contribution in [-0.2, 0) is 0 Å². The number of hydrogen-bond donors (Lipinski definition) is 2. The minimum atomic E-state index is -0.350. The molecule has 0 aliphatic rings. The molecule has 1 atom stereocenters. The Balaban J connectivity index is 2.88. The highest BCUT2D eigenvalue weighted by Gasteiger charge is 1.99. The van der Waals surface area contributed by atoms with Crippen molar-refractivity contribution in [2.75, 3.05) is 23.1 Å². The second-order valence-electron chi connectivity index (χ2n) is 1.61. The van der Waals surface area contributed by atoms with Crippen LogP contribution in [0, 0.1) is 0 Å². The third-order valence-electron chi connectivity index (χ3n) is 0.724. The van der Waals surface area contributed by atoms with E-state index >= 15 is 0 Å². The van der Waals surface area contributed by atoms with Crippen LogP contribution in [0.15, 0.2) is 0 Å². The summed E-state index contributed by atoms with van der Waals surface area (Å²) in [5, 5.41) is 8.91. The summed E-state index contributed by atoms with van der Waals surface area (Å²) in [4.78, 5) is 0. The molecule has 0 radical (unpaired) electrons. The van der Waals surface area contributed by atoms with E-state index in [1.165, 1.54) is 0 Å². The number of hydrogen-bond acceptors (Lipinski definition) is 3. The molecule has 0 aromatic carbocycles. The second-order valence-corrected chi connectivity index (χ2v) is 3.51. The van der Waals surface area contributed by atoms with Crippen LogP contribution in [0.4, 0.5) is 0 Å². The minimum absolute atomic E-state index is 0.333. The third-order valence-corrected chi connectivity index (χ3v) is 2.72. The van der Waals surface area contributed by atoms with Gasteiger partial charge >= 0.3 is 0 Å². The lowest BCUT2D eigenvalue weighted by Crippen LogP contribution is -2.11. The summed E-state index contributed by atoms with van der Waals surface area (Å²) < 4.78 is 0. The van der Waals surface area contributed by atoms with Crippen molar-refractivity contribution in [3.05, 3.63) is 0 Å². The predicted octanol–water partition coefficient (Wildman–Crippen LogP) is 1.25. The van der Waals surface area contributed by atoms with E-state index in [1.54, 1.807) is 11.8 Å². The average Bonchev–Trinajstić information content (AvgIpc) is 1.89. The van der Waals surface area contributed by atoms with Crippen molar-refractivity contribution in [2.24, 2.45) is 0 Å². The maximum atomic E-state index is 8.91. The van der Waals surface area contributed by atoms with E-state index in [2.05, 4.69) is 12.6 Å². The fourth-order valence-corrected chi connectivity index (χ4v) is 1.64. The summed E-state index contributed by atoms with van der Waals surface area (Å²) in [7, 11) is 0. The van der Waals surface area contributed by atoms with Crippen LogP contribution in [0.25, 0.3) is 0 Å². The number of aliphatic hydroxyl groups is 1. The first-order chi connectivity index (χ1) is 4.31. The zero-order chi connectivity index (χ0) is 7.11. The number of alkyl halides is 1. The summed E-state index contributed by atoms with van der Waals surface area (Å²) in [6, 6.07) is 0. The van der Waals surface area contributed by atoms with Gasteiger partial charge in [-0.05, 0) is 5.75 Å². The van der Waals surface area contributed by atoms with Crippen molar-refractivity contribution in [3.63, 3.8) is 0 Å². The SMILES string of the molecule is OC(CCl)CSCCS. The van der Waals surface area contributed by atoms with Crippen LogP contribution in [-0.4, -0.2) is 34.3 Å². The Kier molecular flexibility index (Phi) is 7.81. The molecule has 0 bridgehead atoms. The summed E-state index contributed by atoms with van der Waals surface area (Å²) in [5.74, 6) is 2.90. The molecule has 0 rings (SSSR count). The molecule has 0 aromatic heterocycles. The Morgan fingerprint density at radius 1 is 1.67 bits per heavy atom. The second kappa shape index (κ2) is 7.06. The highest BCUT2D eigenvalue weighted by atomic mass is 35.5. The molecule has 0 aliphatic heterocycles. The lowest BCUT2D eigenvalue weighted by atomic mass is 10.5. The van der Waals surface area contributed by atoms with E-state index < -0.39 is 0 Å². The maximum absolute atomic E-state index is 8.91. The molecule has 0 saturated carbocycles. The molecule has 1 unspecified atom stereocenters. The topological polar surface area (TPSA) is 20.2 Å². The molecular weight excluding hydrogens is 176 g/mol. The Bertz CT molecular complexity index is 62.9. The quantitative estimate of drug-likeness (QED) is 0.383. The molecule has 0 aliphatic carbocycles. The van der Waals surface area contributed by atoms with Crippen molar-refractivity contribution in [1.29, 1.82) is 0 Å². The lowest BCUT2D eigenvalue weighted by molar-refractivity contribution is 0.224. The molecule has 0 heterocycles. The smallest absolute Gasteiger partial charge is 0.0765 e. The van der Waals surface area contributed by atoms with Gasteiger partial charge in [0, 0.05) is 17.4 Å². The van der Waals surface area contributed by atoms with Crippen LogP contribution < -0.4 is 0 Å². The fraction of sp³-hybridized carbons (Fsp3) is 1.00. The number of thiol groups is 1. The molecular formula is C5H11ClOS2. The summed E-state index contributed by atoms with van der Waals surface area (Å²) >= 11 is 11.0. The summed E-state index contributed by atoms with van der Waals surface area (Å²) in [6.07, 6.45) is -0.350. The Morgan fingerprint density at radius 3 is 2.78 bits per heavy atom. The Labute approximate surface area is 70.6 Å². The average molecular weight is 187 g/mol. The van der Waals surface area contributed by atoms with Gasteiger partial charge in [-0.2, -0.15) is 24.4 Å². The molecule has 56 valence electrons. The van der Waals surface area contributed by atoms with Gasteiger partial charge in [-0.15, -0.1) is 11.6 Å². The number of rotatable bonds is 5. The van der Waals surface area contributed by atoms with Crippen LogP contribution >= 0.6 is 36.0 Å². The molecule has 4 heteroatoms. The van der Waals surface area contributed by atoms with Gasteiger partial charge in [0.15, 0.2) is 0 Å². The molecule has 1 N–H and O–H groups in total. The number of aliphatic hydroxyl groups excluding tert-OH is 1. The maximum Gasteiger partial charge on any atom is 0.0765 e. The first-order valence-electron chi connectivity index (χ1n) is 2.74. The van der Waals surface area contributed by atoms with Crippen molar-refractivity contribution in [3.8, 4) is 0 Å². The number of thioether (sulfide) groups is 1. The Hall–Kier alpha value is 0.950. The van der Waals surface area contributed by atoms with Gasteiger partial charge in [0.05, 0.1) is 6.10 Å². The third kappa shape index (κ3) is 6.84. The zero-order valence-electron chi connectivity index (χ0n) is 5.09. The van der Waals surface area contributed by atoms with Crippen LogP contribution in [0.1, 0.15) is 0 Å². The summed E-state index contributed by atoms with van der Waals surface area (Å²) in [6.45, 7) is 0. The van der Waals surface area contributed by atoms with E-state index in [0.29, 0.717) is 5.88 Å². The molecule has 1 nitrogen and oxygen atoms in total. The molecule has 0 aromatic rings. The van der Waals surface area contributed by atoms with Gasteiger partial charge in [0.2, 0.25) is 0 Å².